The summed E-state index contributed by atoms with van der Waals surface area (Å²) in [7, 11) is 0. The van der Waals surface area contributed by atoms with Gasteiger partial charge in [-0.2, -0.15) is 0 Å². The van der Waals surface area contributed by atoms with Gasteiger partial charge in [-0.1, -0.05) is 46.9 Å². The molecule has 5 nitrogen and oxygen atoms in total. The molecule has 1 N–H and O–H groups in total. The van der Waals surface area contributed by atoms with Gasteiger partial charge in [0.25, 0.3) is 5.91 Å². The molecule has 0 spiro atoms. The van der Waals surface area contributed by atoms with Crippen LogP contribution in [0.25, 0.3) is 11.1 Å². The van der Waals surface area contributed by atoms with Gasteiger partial charge in [0.1, 0.15) is 11.3 Å². The number of halogens is 3. The molecule has 0 unspecified atom stereocenters. The van der Waals surface area contributed by atoms with E-state index in [9.17, 15) is 4.79 Å². The molecule has 0 aliphatic heterocycles. The minimum absolute atomic E-state index is 0.103. The fourth-order valence-electron chi connectivity index (χ4n) is 3.30. The quantitative estimate of drug-likeness (QED) is 0.316. The second kappa shape index (κ2) is 9.41. The number of ether oxygens (including phenoxy) is 1. The van der Waals surface area contributed by atoms with Crippen LogP contribution in [0.2, 0.25) is 15.1 Å². The first-order chi connectivity index (χ1) is 15.3. The number of anilines is 1. The summed E-state index contributed by atoms with van der Waals surface area (Å²) < 4.78 is 11.3. The Morgan fingerprint density at radius 3 is 2.41 bits per heavy atom. The van der Waals surface area contributed by atoms with Crippen LogP contribution < -0.4 is 10.1 Å². The van der Waals surface area contributed by atoms with Gasteiger partial charge >= 0.3 is 0 Å². The number of nitrogens with one attached hydrogen (secondary N) is 1. The van der Waals surface area contributed by atoms with E-state index >= 15 is 0 Å². The maximum absolute atomic E-state index is 12.2. The smallest absolute Gasteiger partial charge is 0.262 e. The van der Waals surface area contributed by atoms with Gasteiger partial charge in [-0.05, 0) is 66.9 Å². The van der Waals surface area contributed by atoms with Crippen molar-refractivity contribution in [3.8, 4) is 5.75 Å². The molecule has 0 fully saturated rings. The number of oxazole rings is 1. The first-order valence-electron chi connectivity index (χ1n) is 9.81. The van der Waals surface area contributed by atoms with Crippen LogP contribution in [0.15, 0.2) is 52.9 Å². The van der Waals surface area contributed by atoms with E-state index in [-0.39, 0.29) is 12.5 Å². The lowest BCUT2D eigenvalue weighted by Gasteiger charge is -2.10. The van der Waals surface area contributed by atoms with Crippen molar-refractivity contribution in [1.29, 1.82) is 0 Å². The highest BCUT2D eigenvalue weighted by atomic mass is 35.5. The summed E-state index contributed by atoms with van der Waals surface area (Å²) >= 11 is 18.3. The number of benzene rings is 3. The Morgan fingerprint density at radius 1 is 1.03 bits per heavy atom. The Labute approximate surface area is 200 Å². The van der Waals surface area contributed by atoms with Crippen molar-refractivity contribution in [1.82, 2.24) is 4.98 Å². The molecular formula is C24H19Cl3N2O3. The van der Waals surface area contributed by atoms with Gasteiger partial charge in [0.05, 0.1) is 5.02 Å². The van der Waals surface area contributed by atoms with Gasteiger partial charge in [0.2, 0.25) is 0 Å². The molecule has 0 saturated carbocycles. The number of carbonyl (C=O) groups is 1. The summed E-state index contributed by atoms with van der Waals surface area (Å²) in [6.45, 7) is 3.69. The fraction of sp³-hybridized carbons (Fsp3) is 0.167. The zero-order chi connectivity index (χ0) is 22.8. The Kier molecular flexibility index (Phi) is 6.60. The third-order valence-electron chi connectivity index (χ3n) is 4.83. The molecule has 3 aromatic carbocycles. The van der Waals surface area contributed by atoms with E-state index in [1.165, 1.54) is 0 Å². The van der Waals surface area contributed by atoms with Gasteiger partial charge in [-0.3, -0.25) is 4.79 Å². The van der Waals surface area contributed by atoms with Crippen molar-refractivity contribution in [2.45, 2.75) is 20.3 Å². The summed E-state index contributed by atoms with van der Waals surface area (Å²) in [5, 5.41) is 4.45. The first kappa shape index (κ1) is 22.5. The van der Waals surface area contributed by atoms with Gasteiger partial charge in [-0.25, -0.2) is 4.98 Å². The number of aromatic nitrogens is 1. The monoisotopic (exact) mass is 488 g/mol. The van der Waals surface area contributed by atoms with Crippen molar-refractivity contribution in [3.63, 3.8) is 0 Å². The van der Waals surface area contributed by atoms with Crippen molar-refractivity contribution in [2.24, 2.45) is 0 Å². The minimum Gasteiger partial charge on any atom is -0.484 e. The number of hydrogen-bond acceptors (Lipinski definition) is 4. The predicted octanol–water partition coefficient (Wildman–Crippen LogP) is 7.01. The number of aryl methyl sites for hydroxylation is 2. The maximum Gasteiger partial charge on any atom is 0.262 e. The molecule has 8 heteroatoms. The zero-order valence-electron chi connectivity index (χ0n) is 17.3. The molecule has 0 aliphatic rings. The third kappa shape index (κ3) is 5.18. The van der Waals surface area contributed by atoms with Gasteiger partial charge in [0, 0.05) is 22.2 Å². The van der Waals surface area contributed by atoms with Crippen LogP contribution in [0.5, 0.6) is 5.75 Å². The second-order valence-electron chi connectivity index (χ2n) is 7.43. The van der Waals surface area contributed by atoms with Crippen LogP contribution in [0, 0.1) is 13.8 Å². The highest BCUT2D eigenvalue weighted by Gasteiger charge is 2.12. The van der Waals surface area contributed by atoms with E-state index in [4.69, 9.17) is 44.0 Å². The van der Waals surface area contributed by atoms with Crippen LogP contribution in [0.3, 0.4) is 0 Å². The van der Waals surface area contributed by atoms with E-state index in [0.29, 0.717) is 49.9 Å². The van der Waals surface area contributed by atoms with E-state index in [1.807, 2.05) is 50.2 Å². The number of fused-ring (bicyclic) bond motifs is 1. The van der Waals surface area contributed by atoms with Crippen LogP contribution in [-0.2, 0) is 11.2 Å². The molecule has 4 aromatic rings. The first-order valence-corrected chi connectivity index (χ1v) is 10.9. The van der Waals surface area contributed by atoms with Gasteiger partial charge in [-0.15, -0.1) is 0 Å². The molecule has 1 aromatic heterocycles. The van der Waals surface area contributed by atoms with Crippen LogP contribution in [0.1, 0.15) is 22.6 Å². The van der Waals surface area contributed by atoms with Crippen molar-refractivity contribution in [3.05, 3.63) is 86.2 Å². The summed E-state index contributed by atoms with van der Waals surface area (Å²) in [6.07, 6.45) is 0.481. The lowest BCUT2D eigenvalue weighted by atomic mass is 10.1. The summed E-state index contributed by atoms with van der Waals surface area (Å²) in [5.74, 6) is 0.881. The molecule has 0 radical (unpaired) electrons. The number of amides is 1. The summed E-state index contributed by atoms with van der Waals surface area (Å²) in [4.78, 5) is 16.7. The van der Waals surface area contributed by atoms with E-state index < -0.39 is 0 Å². The highest BCUT2D eigenvalue weighted by Crippen LogP contribution is 2.29. The molecule has 0 atom stereocenters. The Hall–Kier alpha value is -2.73. The molecule has 1 amide bonds. The van der Waals surface area contributed by atoms with Crippen molar-refractivity contribution < 1.29 is 13.9 Å². The second-order valence-corrected chi connectivity index (χ2v) is 8.65. The van der Waals surface area contributed by atoms with E-state index in [2.05, 4.69) is 10.3 Å². The molecule has 164 valence electrons. The Morgan fingerprint density at radius 2 is 1.72 bits per heavy atom. The average Bonchev–Trinajstić information content (AvgIpc) is 3.14. The lowest BCUT2D eigenvalue weighted by molar-refractivity contribution is -0.118. The van der Waals surface area contributed by atoms with Crippen LogP contribution in [-0.4, -0.2) is 17.5 Å². The molecule has 4 rings (SSSR count). The predicted molar refractivity (Wildman–Crippen MR) is 128 cm³/mol. The molecule has 0 saturated heterocycles. The summed E-state index contributed by atoms with van der Waals surface area (Å²) in [6, 6.07) is 14.4. The standard InChI is InChI=1S/C24H19Cl3N2O3/c1-13-7-18(8-14(2)23(13)27)31-12-21(30)28-17-5-3-15(4-6-17)9-22-29-20-11-16(25)10-19(26)24(20)32-22/h3-8,10-11H,9,12H2,1-2H3,(H,28,30). The zero-order valence-corrected chi connectivity index (χ0v) is 19.6. The van der Waals surface area contributed by atoms with E-state index in [0.717, 1.165) is 16.7 Å². The fourth-order valence-corrected chi connectivity index (χ4v) is 3.93. The number of nitrogens with zero attached hydrogens (tertiary/aromatic N) is 1. The van der Waals surface area contributed by atoms with Crippen LogP contribution >= 0.6 is 34.8 Å². The molecule has 1 heterocycles. The highest BCUT2D eigenvalue weighted by molar-refractivity contribution is 6.38. The Bertz CT molecular complexity index is 1280. The van der Waals surface area contributed by atoms with Gasteiger partial charge < -0.3 is 14.5 Å². The van der Waals surface area contributed by atoms with Crippen molar-refractivity contribution in [2.75, 3.05) is 11.9 Å². The topological polar surface area (TPSA) is 64.4 Å². The molecule has 0 bridgehead atoms. The van der Waals surface area contributed by atoms with Gasteiger partial charge in [0.15, 0.2) is 18.1 Å². The maximum atomic E-state index is 12.2. The lowest BCUT2D eigenvalue weighted by Crippen LogP contribution is -2.20. The molecular weight excluding hydrogens is 471 g/mol. The van der Waals surface area contributed by atoms with E-state index in [1.54, 1.807) is 12.1 Å². The van der Waals surface area contributed by atoms with Crippen molar-refractivity contribution >= 4 is 57.5 Å². The number of carbonyl (C=O) groups excluding carboxylic acids is 1. The summed E-state index contributed by atoms with van der Waals surface area (Å²) in [5.41, 5.74) is 4.58. The average molecular weight is 490 g/mol. The normalized spacial score (nSPS) is 11.0. The SMILES string of the molecule is Cc1cc(OCC(=O)Nc2ccc(Cc3nc4cc(Cl)cc(Cl)c4o3)cc2)cc(C)c1Cl. The molecule has 32 heavy (non-hydrogen) atoms. The number of hydrogen-bond donors (Lipinski definition) is 1. The minimum atomic E-state index is -0.256. The largest absolute Gasteiger partial charge is 0.484 e. The molecule has 0 aliphatic carbocycles. The van der Waals surface area contributed by atoms with Crippen LogP contribution in [0.4, 0.5) is 5.69 Å². The number of rotatable bonds is 6. The third-order valence-corrected chi connectivity index (χ3v) is 5.92. The Balaban J connectivity index is 1.35.